The molecule has 0 aliphatic rings. The van der Waals surface area contributed by atoms with E-state index in [-0.39, 0.29) is 11.9 Å². The summed E-state index contributed by atoms with van der Waals surface area (Å²) in [6, 6.07) is 3.70. The maximum absolute atomic E-state index is 12.6. The lowest BCUT2D eigenvalue weighted by Gasteiger charge is -2.27. The van der Waals surface area contributed by atoms with Crippen molar-refractivity contribution in [2.45, 2.75) is 46.6 Å². The Morgan fingerprint density at radius 1 is 1.40 bits per heavy atom. The average Bonchev–Trinajstić information content (AvgIpc) is 2.46. The van der Waals surface area contributed by atoms with Crippen molar-refractivity contribution in [1.29, 1.82) is 0 Å². The van der Waals surface area contributed by atoms with Crippen LogP contribution in [-0.4, -0.2) is 34.9 Å². The molecule has 1 heterocycles. The van der Waals surface area contributed by atoms with E-state index >= 15 is 0 Å². The van der Waals surface area contributed by atoms with Crippen LogP contribution < -0.4 is 5.32 Å². The molecule has 1 atom stereocenters. The molecule has 0 saturated carbocycles. The molecule has 5 heteroatoms. The first-order valence-corrected chi connectivity index (χ1v) is 7.64. The molecule has 1 amide bonds. The van der Waals surface area contributed by atoms with Crippen LogP contribution in [-0.2, 0) is 0 Å². The fourth-order valence-electron chi connectivity index (χ4n) is 1.96. The molecule has 0 fully saturated rings. The molecular formula is C15H24ClN3O. The summed E-state index contributed by atoms with van der Waals surface area (Å²) in [6.07, 6.45) is 1.91. The molecular weight excluding hydrogens is 274 g/mol. The third kappa shape index (κ3) is 4.10. The number of pyridine rings is 1. The molecule has 0 radical (unpaired) electrons. The van der Waals surface area contributed by atoms with Gasteiger partial charge in [0.2, 0.25) is 0 Å². The largest absolute Gasteiger partial charge is 0.370 e. The van der Waals surface area contributed by atoms with Gasteiger partial charge in [-0.3, -0.25) is 4.79 Å². The van der Waals surface area contributed by atoms with E-state index in [0.29, 0.717) is 23.1 Å². The van der Waals surface area contributed by atoms with Crippen molar-refractivity contribution < 1.29 is 4.79 Å². The second-order valence-corrected chi connectivity index (χ2v) is 5.21. The number of rotatable bonds is 7. The minimum Gasteiger partial charge on any atom is -0.370 e. The Labute approximate surface area is 126 Å². The molecule has 1 unspecified atom stereocenters. The van der Waals surface area contributed by atoms with Gasteiger partial charge < -0.3 is 10.2 Å². The van der Waals surface area contributed by atoms with Crippen molar-refractivity contribution in [2.75, 3.05) is 18.4 Å². The number of hydrogen-bond donors (Lipinski definition) is 1. The van der Waals surface area contributed by atoms with Crippen molar-refractivity contribution in [3.63, 3.8) is 0 Å². The van der Waals surface area contributed by atoms with Crippen LogP contribution in [0.5, 0.6) is 0 Å². The van der Waals surface area contributed by atoms with Gasteiger partial charge in [0.15, 0.2) is 0 Å². The second-order valence-electron chi connectivity index (χ2n) is 4.80. The summed E-state index contributed by atoms with van der Waals surface area (Å²) in [5.41, 5.74) is 0.329. The molecule has 0 aliphatic carbocycles. The van der Waals surface area contributed by atoms with Gasteiger partial charge in [0.05, 0.1) is 5.02 Å². The van der Waals surface area contributed by atoms with Crippen LogP contribution in [0.15, 0.2) is 12.1 Å². The monoisotopic (exact) mass is 297 g/mol. The van der Waals surface area contributed by atoms with E-state index < -0.39 is 0 Å². The van der Waals surface area contributed by atoms with Gasteiger partial charge in [-0.1, -0.05) is 25.4 Å². The number of hydrogen-bond acceptors (Lipinski definition) is 3. The maximum Gasteiger partial charge on any atom is 0.274 e. The number of anilines is 1. The van der Waals surface area contributed by atoms with Gasteiger partial charge >= 0.3 is 0 Å². The van der Waals surface area contributed by atoms with Gasteiger partial charge in [0, 0.05) is 19.1 Å². The Morgan fingerprint density at radius 2 is 2.10 bits per heavy atom. The van der Waals surface area contributed by atoms with Crippen molar-refractivity contribution in [1.82, 2.24) is 9.88 Å². The topological polar surface area (TPSA) is 45.2 Å². The molecule has 0 saturated heterocycles. The Kier molecular flexibility index (Phi) is 6.79. The number of halogens is 1. The van der Waals surface area contributed by atoms with Crippen molar-refractivity contribution in [2.24, 2.45) is 0 Å². The first-order valence-electron chi connectivity index (χ1n) is 7.26. The molecule has 20 heavy (non-hydrogen) atoms. The first-order chi connectivity index (χ1) is 9.54. The number of nitrogens with one attached hydrogen (secondary N) is 1. The van der Waals surface area contributed by atoms with E-state index in [1.165, 1.54) is 0 Å². The van der Waals surface area contributed by atoms with Crippen LogP contribution >= 0.6 is 11.6 Å². The number of carbonyl (C=O) groups excluding carboxylic acids is 1. The molecule has 1 N–H and O–H groups in total. The lowest BCUT2D eigenvalue weighted by atomic mass is 10.2. The number of aromatic nitrogens is 1. The van der Waals surface area contributed by atoms with Gasteiger partial charge in [0.25, 0.3) is 5.91 Å². The Bertz CT molecular complexity index is 451. The molecule has 0 aliphatic heterocycles. The average molecular weight is 298 g/mol. The molecule has 1 aromatic heterocycles. The molecule has 0 bridgehead atoms. The fourth-order valence-corrected chi connectivity index (χ4v) is 2.14. The van der Waals surface area contributed by atoms with E-state index in [9.17, 15) is 4.79 Å². The highest BCUT2D eigenvalue weighted by Crippen LogP contribution is 2.20. The van der Waals surface area contributed by atoms with Crippen molar-refractivity contribution in [3.05, 3.63) is 22.8 Å². The highest BCUT2D eigenvalue weighted by atomic mass is 35.5. The van der Waals surface area contributed by atoms with E-state index in [1.54, 1.807) is 17.0 Å². The fraction of sp³-hybridized carbons (Fsp3) is 0.600. The molecule has 112 valence electrons. The molecule has 1 rings (SSSR count). The standard InChI is InChI=1S/C15H24ClN3O/c1-5-10-17-13-9-8-12(16)14(18-13)15(20)19(7-3)11(4)6-2/h8-9,11H,5-7,10H2,1-4H3,(H,17,18). The van der Waals surface area contributed by atoms with Crippen LogP contribution in [0.1, 0.15) is 51.0 Å². The van der Waals surface area contributed by atoms with Crippen molar-refractivity contribution >= 4 is 23.3 Å². The summed E-state index contributed by atoms with van der Waals surface area (Å²) in [4.78, 5) is 18.7. The Morgan fingerprint density at radius 3 is 2.65 bits per heavy atom. The lowest BCUT2D eigenvalue weighted by molar-refractivity contribution is 0.0694. The number of nitrogens with zero attached hydrogens (tertiary/aromatic N) is 2. The van der Waals surface area contributed by atoms with Crippen molar-refractivity contribution in [3.8, 4) is 0 Å². The van der Waals surface area contributed by atoms with Crippen LogP contribution in [0.3, 0.4) is 0 Å². The highest BCUT2D eigenvalue weighted by molar-refractivity contribution is 6.33. The zero-order valence-electron chi connectivity index (χ0n) is 12.7. The van der Waals surface area contributed by atoms with Gasteiger partial charge in [-0.15, -0.1) is 0 Å². The zero-order chi connectivity index (χ0) is 15.1. The van der Waals surface area contributed by atoms with Crippen LogP contribution in [0, 0.1) is 0 Å². The van der Waals surface area contributed by atoms with Crippen LogP contribution in [0.2, 0.25) is 5.02 Å². The van der Waals surface area contributed by atoms with E-state index in [4.69, 9.17) is 11.6 Å². The zero-order valence-corrected chi connectivity index (χ0v) is 13.5. The normalized spacial score (nSPS) is 12.1. The maximum atomic E-state index is 12.6. The van der Waals surface area contributed by atoms with Gasteiger partial charge in [-0.2, -0.15) is 0 Å². The van der Waals surface area contributed by atoms with Gasteiger partial charge in [-0.05, 0) is 38.8 Å². The summed E-state index contributed by atoms with van der Waals surface area (Å²) < 4.78 is 0. The summed E-state index contributed by atoms with van der Waals surface area (Å²) in [5, 5.41) is 3.58. The molecule has 0 spiro atoms. The third-order valence-electron chi connectivity index (χ3n) is 3.33. The van der Waals surface area contributed by atoms with E-state index in [0.717, 1.165) is 19.4 Å². The minimum absolute atomic E-state index is 0.105. The predicted molar refractivity (Wildman–Crippen MR) is 84.5 cm³/mol. The van der Waals surface area contributed by atoms with E-state index in [2.05, 4.69) is 24.1 Å². The first kappa shape index (κ1) is 16.8. The summed E-state index contributed by atoms with van der Waals surface area (Å²) in [5.74, 6) is 0.590. The quantitative estimate of drug-likeness (QED) is 0.832. The molecule has 1 aromatic rings. The third-order valence-corrected chi connectivity index (χ3v) is 3.63. The van der Waals surface area contributed by atoms with Crippen LogP contribution in [0.25, 0.3) is 0 Å². The molecule has 0 aromatic carbocycles. The second kappa shape index (κ2) is 8.10. The highest BCUT2D eigenvalue weighted by Gasteiger charge is 2.22. The SMILES string of the molecule is CCCNc1ccc(Cl)c(C(=O)N(CC)C(C)CC)n1. The number of amides is 1. The van der Waals surface area contributed by atoms with E-state index in [1.807, 2.05) is 13.8 Å². The molecule has 4 nitrogen and oxygen atoms in total. The Balaban J connectivity index is 3.01. The summed E-state index contributed by atoms with van der Waals surface area (Å²) in [6.45, 7) is 9.63. The predicted octanol–water partition coefficient (Wildman–Crippen LogP) is 3.82. The van der Waals surface area contributed by atoms with Crippen LogP contribution in [0.4, 0.5) is 5.82 Å². The van der Waals surface area contributed by atoms with Gasteiger partial charge in [-0.25, -0.2) is 4.98 Å². The van der Waals surface area contributed by atoms with Gasteiger partial charge in [0.1, 0.15) is 11.5 Å². The smallest absolute Gasteiger partial charge is 0.274 e. The minimum atomic E-state index is -0.105. The summed E-state index contributed by atoms with van der Waals surface area (Å²) in [7, 11) is 0. The lowest BCUT2D eigenvalue weighted by Crippen LogP contribution is -2.38. The Hall–Kier alpha value is -1.29. The summed E-state index contributed by atoms with van der Waals surface area (Å²) >= 11 is 6.14. The number of carbonyl (C=O) groups is 1.